The molecule has 5 rings (SSSR count). The zero-order chi connectivity index (χ0) is 27.7. The van der Waals surface area contributed by atoms with E-state index in [4.69, 9.17) is 4.98 Å². The molecule has 0 saturated carbocycles. The van der Waals surface area contributed by atoms with Crippen LogP contribution in [0.4, 0.5) is 0 Å². The van der Waals surface area contributed by atoms with Crippen LogP contribution in [0.3, 0.4) is 0 Å². The van der Waals surface area contributed by atoms with E-state index in [1.807, 2.05) is 49.6 Å². The molecule has 1 N–H and O–H groups in total. The van der Waals surface area contributed by atoms with Crippen molar-refractivity contribution in [3.05, 3.63) is 80.8 Å². The second kappa shape index (κ2) is 10.8. The topological polar surface area (TPSA) is 116 Å². The van der Waals surface area contributed by atoms with Gasteiger partial charge >= 0.3 is 5.69 Å². The number of aromatic nitrogens is 8. The van der Waals surface area contributed by atoms with Gasteiger partial charge in [-0.25, -0.2) is 9.78 Å². The molecule has 0 unspecified atom stereocenters. The van der Waals surface area contributed by atoms with E-state index < -0.39 is 0 Å². The Morgan fingerprint density at radius 2 is 1.51 bits per heavy atom. The molecular formula is C29H34N8O2. The SMILES string of the molecule is CCc1nc2c(c(=O)n(CC(C)C)c(=O)n2CC(C)C)n1Cc1ccc(-c2ccccc2-c2nn[nH]n2)cc1. The molecule has 0 radical (unpaired) electrons. The van der Waals surface area contributed by atoms with Crippen LogP contribution in [0.1, 0.15) is 46.0 Å². The molecule has 0 spiro atoms. The van der Waals surface area contributed by atoms with Crippen LogP contribution in [0.25, 0.3) is 33.7 Å². The fourth-order valence-electron chi connectivity index (χ4n) is 5.01. The Morgan fingerprint density at radius 3 is 2.13 bits per heavy atom. The summed E-state index contributed by atoms with van der Waals surface area (Å²) in [7, 11) is 0. The van der Waals surface area contributed by atoms with Gasteiger partial charge in [0.1, 0.15) is 5.82 Å². The Bertz CT molecular complexity index is 1710. The summed E-state index contributed by atoms with van der Waals surface area (Å²) in [5.74, 6) is 1.71. The molecule has 10 nitrogen and oxygen atoms in total. The molecular weight excluding hydrogens is 492 g/mol. The first-order chi connectivity index (χ1) is 18.8. The van der Waals surface area contributed by atoms with Crippen LogP contribution in [-0.2, 0) is 26.1 Å². The summed E-state index contributed by atoms with van der Waals surface area (Å²) in [5, 5.41) is 14.5. The maximum atomic E-state index is 13.7. The first-order valence-electron chi connectivity index (χ1n) is 13.4. The minimum atomic E-state index is -0.285. The van der Waals surface area contributed by atoms with E-state index in [2.05, 4.69) is 58.7 Å². The fourth-order valence-corrected chi connectivity index (χ4v) is 5.01. The number of nitrogens with one attached hydrogen (secondary N) is 1. The van der Waals surface area contributed by atoms with Crippen molar-refractivity contribution in [2.75, 3.05) is 0 Å². The van der Waals surface area contributed by atoms with E-state index >= 15 is 0 Å². The van der Waals surface area contributed by atoms with Crippen molar-refractivity contribution in [2.24, 2.45) is 11.8 Å². The van der Waals surface area contributed by atoms with Gasteiger partial charge in [-0.1, -0.05) is 83.1 Å². The number of aryl methyl sites for hydroxylation is 1. The van der Waals surface area contributed by atoms with Gasteiger partial charge in [0, 0.05) is 31.6 Å². The van der Waals surface area contributed by atoms with Gasteiger partial charge in [-0.15, -0.1) is 10.2 Å². The van der Waals surface area contributed by atoms with Crippen molar-refractivity contribution in [1.82, 2.24) is 39.3 Å². The minimum absolute atomic E-state index is 0.158. The van der Waals surface area contributed by atoms with Gasteiger partial charge in [-0.2, -0.15) is 5.21 Å². The Hall–Kier alpha value is -4.34. The molecule has 202 valence electrons. The third-order valence-electron chi connectivity index (χ3n) is 6.72. The molecule has 0 aliphatic carbocycles. The number of hydrogen-bond donors (Lipinski definition) is 1. The van der Waals surface area contributed by atoms with Crippen molar-refractivity contribution >= 4 is 11.2 Å². The highest BCUT2D eigenvalue weighted by molar-refractivity contribution is 5.80. The zero-order valence-electron chi connectivity index (χ0n) is 23.0. The highest BCUT2D eigenvalue weighted by atomic mass is 16.2. The van der Waals surface area contributed by atoms with E-state index in [1.165, 1.54) is 4.57 Å². The first-order valence-corrected chi connectivity index (χ1v) is 13.4. The quantitative estimate of drug-likeness (QED) is 0.309. The Morgan fingerprint density at radius 1 is 0.846 bits per heavy atom. The largest absolute Gasteiger partial charge is 0.332 e. The molecule has 0 bridgehead atoms. The normalized spacial score (nSPS) is 11.8. The number of H-pyrrole nitrogens is 1. The number of rotatable bonds is 9. The van der Waals surface area contributed by atoms with Gasteiger partial charge in [0.2, 0.25) is 5.82 Å². The van der Waals surface area contributed by atoms with Crippen LogP contribution < -0.4 is 11.2 Å². The van der Waals surface area contributed by atoms with Crippen LogP contribution in [-0.4, -0.2) is 39.3 Å². The van der Waals surface area contributed by atoms with Crippen LogP contribution in [0.15, 0.2) is 58.1 Å². The van der Waals surface area contributed by atoms with E-state index in [0.717, 1.165) is 28.1 Å². The number of tetrazole rings is 1. The van der Waals surface area contributed by atoms with Gasteiger partial charge in [-0.05, 0) is 33.7 Å². The first kappa shape index (κ1) is 26.3. The third-order valence-corrected chi connectivity index (χ3v) is 6.72. The lowest BCUT2D eigenvalue weighted by atomic mass is 9.98. The molecule has 10 heteroatoms. The number of hydrogen-bond acceptors (Lipinski definition) is 6. The third kappa shape index (κ3) is 5.06. The van der Waals surface area contributed by atoms with Crippen molar-refractivity contribution in [3.63, 3.8) is 0 Å². The van der Waals surface area contributed by atoms with Gasteiger partial charge in [-0.3, -0.25) is 13.9 Å². The van der Waals surface area contributed by atoms with Crippen LogP contribution >= 0.6 is 0 Å². The molecule has 3 aromatic heterocycles. The zero-order valence-corrected chi connectivity index (χ0v) is 23.0. The van der Waals surface area contributed by atoms with Crippen molar-refractivity contribution in [2.45, 2.75) is 60.7 Å². The molecule has 0 saturated heterocycles. The summed E-state index contributed by atoms with van der Waals surface area (Å²) < 4.78 is 5.04. The molecule has 5 aromatic rings. The number of aromatic amines is 1. The summed E-state index contributed by atoms with van der Waals surface area (Å²) in [6.07, 6.45) is 0.643. The summed E-state index contributed by atoms with van der Waals surface area (Å²) >= 11 is 0. The molecule has 0 aliphatic rings. The summed E-state index contributed by atoms with van der Waals surface area (Å²) in [5.41, 5.74) is 4.34. The fraction of sp³-hybridized carbons (Fsp3) is 0.379. The van der Waals surface area contributed by atoms with Gasteiger partial charge < -0.3 is 4.57 Å². The maximum absolute atomic E-state index is 13.7. The number of fused-ring (bicyclic) bond motifs is 1. The molecule has 3 heterocycles. The molecule has 0 amide bonds. The second-order valence-corrected chi connectivity index (χ2v) is 10.7. The average molecular weight is 527 g/mol. The molecule has 0 fully saturated rings. The smallest absolute Gasteiger partial charge is 0.318 e. The Balaban J connectivity index is 1.59. The predicted molar refractivity (Wildman–Crippen MR) is 151 cm³/mol. The number of imidazole rings is 1. The summed E-state index contributed by atoms with van der Waals surface area (Å²) in [6, 6.07) is 16.2. The van der Waals surface area contributed by atoms with E-state index in [1.54, 1.807) is 4.57 Å². The van der Waals surface area contributed by atoms with Crippen molar-refractivity contribution in [1.29, 1.82) is 0 Å². The second-order valence-electron chi connectivity index (χ2n) is 10.7. The van der Waals surface area contributed by atoms with Gasteiger partial charge in [0.15, 0.2) is 11.2 Å². The van der Waals surface area contributed by atoms with E-state index in [9.17, 15) is 9.59 Å². The predicted octanol–water partition coefficient (Wildman–Crippen LogP) is 4.13. The summed E-state index contributed by atoms with van der Waals surface area (Å²) in [4.78, 5) is 31.9. The van der Waals surface area contributed by atoms with E-state index in [0.29, 0.717) is 43.0 Å². The summed E-state index contributed by atoms with van der Waals surface area (Å²) in [6.45, 7) is 11.5. The van der Waals surface area contributed by atoms with Crippen LogP contribution in [0.5, 0.6) is 0 Å². The lowest BCUT2D eigenvalue weighted by Crippen LogP contribution is -2.42. The minimum Gasteiger partial charge on any atom is -0.318 e. The van der Waals surface area contributed by atoms with Crippen LogP contribution in [0.2, 0.25) is 0 Å². The highest BCUT2D eigenvalue weighted by Crippen LogP contribution is 2.30. The van der Waals surface area contributed by atoms with Crippen molar-refractivity contribution in [3.8, 4) is 22.5 Å². The maximum Gasteiger partial charge on any atom is 0.332 e. The Kier molecular flexibility index (Phi) is 7.28. The standard InChI is InChI=1S/C29H34N8O2/c1-6-24-30-27-25(28(38)37(16-19(4)5)29(39)36(27)15-18(2)3)35(24)17-20-11-13-21(14-12-20)22-9-7-8-10-23(22)26-31-33-34-32-26/h7-14,18-19H,6,15-17H2,1-5H3,(H,31,32,33,34). The average Bonchev–Trinajstić information content (AvgIpc) is 3.58. The molecule has 39 heavy (non-hydrogen) atoms. The lowest BCUT2D eigenvalue weighted by Gasteiger charge is -2.15. The number of nitrogens with zero attached hydrogens (tertiary/aromatic N) is 7. The van der Waals surface area contributed by atoms with Crippen LogP contribution in [0, 0.1) is 11.8 Å². The van der Waals surface area contributed by atoms with Gasteiger partial charge in [0.05, 0.1) is 0 Å². The molecule has 0 atom stereocenters. The highest BCUT2D eigenvalue weighted by Gasteiger charge is 2.22. The monoisotopic (exact) mass is 526 g/mol. The van der Waals surface area contributed by atoms with E-state index in [-0.39, 0.29) is 23.1 Å². The lowest BCUT2D eigenvalue weighted by molar-refractivity contribution is 0.450. The number of benzene rings is 2. The van der Waals surface area contributed by atoms with Gasteiger partial charge in [0.25, 0.3) is 5.56 Å². The van der Waals surface area contributed by atoms with Crippen molar-refractivity contribution < 1.29 is 0 Å². The molecule has 2 aromatic carbocycles. The molecule has 0 aliphatic heterocycles. The Labute approximate surface area is 226 Å².